The third kappa shape index (κ3) is 5.97. The fourth-order valence-corrected chi connectivity index (χ4v) is 3.05. The number of amides is 3. The van der Waals surface area contributed by atoms with E-state index in [1.54, 1.807) is 42.7 Å². The zero-order chi connectivity index (χ0) is 20.5. The minimum Gasteiger partial charge on any atom is -0.467 e. The van der Waals surface area contributed by atoms with Crippen LogP contribution in [-0.4, -0.2) is 11.9 Å². The number of carbonyl (C=O) groups is 2. The number of anilines is 2. The predicted molar refractivity (Wildman–Crippen MR) is 114 cm³/mol. The van der Waals surface area contributed by atoms with Crippen molar-refractivity contribution in [1.82, 2.24) is 5.32 Å². The van der Waals surface area contributed by atoms with Gasteiger partial charge in [0, 0.05) is 11.4 Å². The Bertz CT molecular complexity index is 906. The first kappa shape index (κ1) is 20.2. The number of hydrogen-bond acceptors (Lipinski definition) is 3. The summed E-state index contributed by atoms with van der Waals surface area (Å²) < 4.78 is 5.17. The topological polar surface area (TPSA) is 83.4 Å². The molecular formula is C23H25N3O3. The molecule has 0 radical (unpaired) electrons. The van der Waals surface area contributed by atoms with Gasteiger partial charge in [-0.25, -0.2) is 4.79 Å². The Kier molecular flexibility index (Phi) is 7.05. The van der Waals surface area contributed by atoms with E-state index in [0.717, 1.165) is 18.4 Å². The van der Waals surface area contributed by atoms with Crippen molar-refractivity contribution in [3.05, 3.63) is 84.3 Å². The van der Waals surface area contributed by atoms with Crippen LogP contribution in [0.3, 0.4) is 0 Å². The largest absolute Gasteiger partial charge is 0.467 e. The molecule has 3 aromatic rings. The van der Waals surface area contributed by atoms with E-state index in [-0.39, 0.29) is 17.9 Å². The highest BCUT2D eigenvalue weighted by molar-refractivity contribution is 5.96. The van der Waals surface area contributed by atoms with Crippen molar-refractivity contribution in [1.29, 1.82) is 0 Å². The van der Waals surface area contributed by atoms with Crippen LogP contribution in [0.5, 0.6) is 0 Å². The molecule has 0 spiro atoms. The number of furan rings is 1. The maximum Gasteiger partial charge on any atom is 0.319 e. The van der Waals surface area contributed by atoms with Crippen molar-refractivity contribution in [3.63, 3.8) is 0 Å². The molecule has 6 nitrogen and oxygen atoms in total. The summed E-state index contributed by atoms with van der Waals surface area (Å²) in [5.74, 6) is 0.458. The quantitative estimate of drug-likeness (QED) is 0.498. The molecule has 1 atom stereocenters. The smallest absolute Gasteiger partial charge is 0.319 e. The van der Waals surface area contributed by atoms with E-state index in [2.05, 4.69) is 22.9 Å². The number of nitrogens with one attached hydrogen (secondary N) is 3. The Hall–Kier alpha value is -3.54. The van der Waals surface area contributed by atoms with Crippen molar-refractivity contribution >= 4 is 23.3 Å². The molecule has 29 heavy (non-hydrogen) atoms. The van der Waals surface area contributed by atoms with E-state index >= 15 is 0 Å². The molecule has 0 saturated carbocycles. The van der Waals surface area contributed by atoms with Gasteiger partial charge in [-0.1, -0.05) is 43.7 Å². The van der Waals surface area contributed by atoms with Crippen LogP contribution in [0.2, 0.25) is 0 Å². The van der Waals surface area contributed by atoms with Crippen molar-refractivity contribution < 1.29 is 14.0 Å². The molecule has 0 aliphatic heterocycles. The molecule has 0 bridgehead atoms. The van der Waals surface area contributed by atoms with Gasteiger partial charge >= 0.3 is 6.03 Å². The maximum absolute atomic E-state index is 12.8. The third-order valence-corrected chi connectivity index (χ3v) is 4.51. The molecule has 3 rings (SSSR count). The van der Waals surface area contributed by atoms with Gasteiger partial charge in [0.25, 0.3) is 0 Å². The molecule has 150 valence electrons. The first-order valence-electron chi connectivity index (χ1n) is 9.69. The molecule has 6 heteroatoms. The average molecular weight is 391 g/mol. The lowest BCUT2D eigenvalue weighted by Gasteiger charge is -2.17. The van der Waals surface area contributed by atoms with Crippen molar-refractivity contribution in [2.75, 3.05) is 10.6 Å². The standard InChI is InChI=1S/C23H25N3O3/c1-2-7-21(17-8-4-3-5-9-17)22(27)25-18-11-13-19(14-12-18)26-23(28)24-16-20-10-6-15-29-20/h3-6,8-15,21H,2,7,16H2,1H3,(H,25,27)(H2,24,26,28). The van der Waals surface area contributed by atoms with E-state index in [9.17, 15) is 9.59 Å². The number of rotatable bonds is 8. The summed E-state index contributed by atoms with van der Waals surface area (Å²) in [5, 5.41) is 8.43. The zero-order valence-electron chi connectivity index (χ0n) is 16.4. The third-order valence-electron chi connectivity index (χ3n) is 4.51. The van der Waals surface area contributed by atoms with Crippen LogP contribution >= 0.6 is 0 Å². The first-order valence-corrected chi connectivity index (χ1v) is 9.69. The van der Waals surface area contributed by atoms with Gasteiger partial charge in [-0.3, -0.25) is 4.79 Å². The zero-order valence-corrected chi connectivity index (χ0v) is 16.4. The van der Waals surface area contributed by atoms with Gasteiger partial charge < -0.3 is 20.4 Å². The Labute approximate surface area is 170 Å². The molecule has 2 aromatic carbocycles. The van der Waals surface area contributed by atoms with Gasteiger partial charge in [0.2, 0.25) is 5.91 Å². The molecule has 1 aromatic heterocycles. The van der Waals surface area contributed by atoms with E-state index in [4.69, 9.17) is 4.42 Å². The van der Waals surface area contributed by atoms with E-state index in [1.165, 1.54) is 0 Å². The minimum atomic E-state index is -0.328. The van der Waals surface area contributed by atoms with Gasteiger partial charge in [-0.15, -0.1) is 0 Å². The van der Waals surface area contributed by atoms with Crippen molar-refractivity contribution in [2.45, 2.75) is 32.2 Å². The van der Waals surface area contributed by atoms with Gasteiger partial charge in [0.1, 0.15) is 5.76 Å². The summed E-state index contributed by atoms with van der Waals surface area (Å²) in [6.07, 6.45) is 3.26. The fourth-order valence-electron chi connectivity index (χ4n) is 3.05. The lowest BCUT2D eigenvalue weighted by atomic mass is 9.93. The highest BCUT2D eigenvalue weighted by Crippen LogP contribution is 2.23. The number of carbonyl (C=O) groups excluding carboxylic acids is 2. The first-order chi connectivity index (χ1) is 14.2. The van der Waals surface area contributed by atoms with Crippen LogP contribution in [0.15, 0.2) is 77.4 Å². The van der Waals surface area contributed by atoms with Crippen LogP contribution in [0.25, 0.3) is 0 Å². The van der Waals surface area contributed by atoms with Crippen LogP contribution in [-0.2, 0) is 11.3 Å². The lowest BCUT2D eigenvalue weighted by molar-refractivity contribution is -0.117. The second kappa shape index (κ2) is 10.1. The minimum absolute atomic E-state index is 0.0325. The van der Waals surface area contributed by atoms with Crippen molar-refractivity contribution in [3.8, 4) is 0 Å². The molecule has 3 amide bonds. The summed E-state index contributed by atoms with van der Waals surface area (Å²) in [4.78, 5) is 24.7. The second-order valence-corrected chi connectivity index (χ2v) is 6.71. The van der Waals surface area contributed by atoms with Crippen LogP contribution in [0.1, 0.15) is 37.0 Å². The number of benzene rings is 2. The summed E-state index contributed by atoms with van der Waals surface area (Å²) in [5.41, 5.74) is 2.33. The highest BCUT2D eigenvalue weighted by atomic mass is 16.3. The molecule has 0 aliphatic carbocycles. The number of urea groups is 1. The van der Waals surface area contributed by atoms with Crippen LogP contribution < -0.4 is 16.0 Å². The SMILES string of the molecule is CCCC(C(=O)Nc1ccc(NC(=O)NCc2ccco2)cc1)c1ccccc1. The average Bonchev–Trinajstić information content (AvgIpc) is 3.26. The summed E-state index contributed by atoms with van der Waals surface area (Å²) in [6.45, 7) is 2.38. The van der Waals surface area contributed by atoms with Gasteiger partial charge in [0.05, 0.1) is 18.7 Å². The van der Waals surface area contributed by atoms with E-state index in [1.807, 2.05) is 30.3 Å². The van der Waals surface area contributed by atoms with Gasteiger partial charge in [-0.2, -0.15) is 0 Å². The molecular weight excluding hydrogens is 366 g/mol. The molecule has 3 N–H and O–H groups in total. The Morgan fingerprint density at radius 3 is 2.21 bits per heavy atom. The molecule has 0 fully saturated rings. The summed E-state index contributed by atoms with van der Waals surface area (Å²) in [7, 11) is 0. The Balaban J connectivity index is 1.55. The predicted octanol–water partition coefficient (Wildman–Crippen LogP) is 5.12. The second-order valence-electron chi connectivity index (χ2n) is 6.71. The Morgan fingerprint density at radius 1 is 0.897 bits per heavy atom. The summed E-state index contributed by atoms with van der Waals surface area (Å²) >= 11 is 0. The van der Waals surface area contributed by atoms with Gasteiger partial charge in [0.15, 0.2) is 0 Å². The van der Waals surface area contributed by atoms with Crippen molar-refractivity contribution in [2.24, 2.45) is 0 Å². The van der Waals surface area contributed by atoms with Crippen LogP contribution in [0, 0.1) is 0 Å². The summed E-state index contributed by atoms with van der Waals surface area (Å²) in [6, 6.07) is 20.1. The van der Waals surface area contributed by atoms with Gasteiger partial charge in [-0.05, 0) is 48.4 Å². The Morgan fingerprint density at radius 2 is 1.59 bits per heavy atom. The molecule has 1 unspecified atom stereocenters. The van der Waals surface area contributed by atoms with Crippen LogP contribution in [0.4, 0.5) is 16.2 Å². The lowest BCUT2D eigenvalue weighted by Crippen LogP contribution is -2.28. The van der Waals surface area contributed by atoms with E-state index in [0.29, 0.717) is 23.7 Å². The normalized spacial score (nSPS) is 11.5. The highest BCUT2D eigenvalue weighted by Gasteiger charge is 2.19. The molecule has 0 aliphatic rings. The fraction of sp³-hybridized carbons (Fsp3) is 0.217. The maximum atomic E-state index is 12.8. The number of hydrogen-bond donors (Lipinski definition) is 3. The molecule has 1 heterocycles. The van der Waals surface area contributed by atoms with E-state index < -0.39 is 0 Å². The molecule has 0 saturated heterocycles. The monoisotopic (exact) mass is 391 g/mol.